The molecule has 4 heterocycles. The molecule has 11 heteroatoms. The van der Waals surface area contributed by atoms with Crippen LogP contribution in [0.5, 0.6) is 0 Å². The predicted octanol–water partition coefficient (Wildman–Crippen LogP) is 2.54. The number of aromatic nitrogens is 3. The Morgan fingerprint density at radius 1 is 1.19 bits per heavy atom. The number of carbonyl (C=O) groups excluding carboxylic acids is 2. The minimum Gasteiger partial charge on any atom is -0.376 e. The van der Waals surface area contributed by atoms with Crippen LogP contribution >= 0.6 is 0 Å². The fraction of sp³-hybridized carbons (Fsp3) is 0.333. The highest BCUT2D eigenvalue weighted by Gasteiger charge is 2.27. The number of alkyl halides is 2. The van der Waals surface area contributed by atoms with Gasteiger partial charge in [0.25, 0.3) is 17.7 Å². The van der Waals surface area contributed by atoms with Gasteiger partial charge < -0.3 is 24.5 Å². The van der Waals surface area contributed by atoms with Gasteiger partial charge in [0.1, 0.15) is 23.1 Å². The average molecular weight is 445 g/mol. The summed E-state index contributed by atoms with van der Waals surface area (Å²) in [5.41, 5.74) is 0.685. The lowest BCUT2D eigenvalue weighted by Crippen LogP contribution is -2.23. The van der Waals surface area contributed by atoms with E-state index in [2.05, 4.69) is 20.6 Å². The minimum atomic E-state index is -3.19. The Labute approximate surface area is 181 Å². The van der Waals surface area contributed by atoms with Gasteiger partial charge in [0.2, 0.25) is 0 Å². The molecule has 1 saturated heterocycles. The molecule has 0 radical (unpaired) electrons. The van der Waals surface area contributed by atoms with Gasteiger partial charge in [0.05, 0.1) is 36.8 Å². The number of pyridine rings is 2. The standard InChI is InChI=1S/C21H21F2N5O4/c1-21(22,23)17-5-3-4-13(25-17)20(30)27-14-9-28-10-15(16-11-31-6-7-32-16)26-18(28)8-12(14)19(29)24-2/h3-5,8-10,16H,6-7,11H2,1-2H3,(H,24,29)(H,27,30). The van der Waals surface area contributed by atoms with Crippen molar-refractivity contribution < 1.29 is 27.8 Å². The Kier molecular flexibility index (Phi) is 5.85. The van der Waals surface area contributed by atoms with E-state index in [1.165, 1.54) is 31.4 Å². The highest BCUT2D eigenvalue weighted by molar-refractivity contribution is 6.08. The van der Waals surface area contributed by atoms with Crippen molar-refractivity contribution in [3.63, 3.8) is 0 Å². The number of nitrogens with one attached hydrogen (secondary N) is 2. The molecule has 3 aromatic rings. The molecule has 0 aromatic carbocycles. The van der Waals surface area contributed by atoms with Gasteiger partial charge in [0, 0.05) is 26.4 Å². The number of hydrogen-bond acceptors (Lipinski definition) is 6. The lowest BCUT2D eigenvalue weighted by molar-refractivity contribution is -0.0916. The number of hydrogen-bond donors (Lipinski definition) is 2. The molecule has 1 aliphatic heterocycles. The summed E-state index contributed by atoms with van der Waals surface area (Å²) in [6, 6.07) is 5.30. The van der Waals surface area contributed by atoms with E-state index in [9.17, 15) is 18.4 Å². The number of halogens is 2. The second-order valence-corrected chi connectivity index (χ2v) is 7.30. The average Bonchev–Trinajstić information content (AvgIpc) is 3.21. The molecular weight excluding hydrogens is 424 g/mol. The van der Waals surface area contributed by atoms with Crippen molar-refractivity contribution in [2.75, 3.05) is 32.2 Å². The van der Waals surface area contributed by atoms with E-state index in [1.54, 1.807) is 10.6 Å². The Bertz CT molecular complexity index is 1170. The number of rotatable bonds is 5. The van der Waals surface area contributed by atoms with Crippen LogP contribution in [0.25, 0.3) is 5.65 Å². The van der Waals surface area contributed by atoms with Gasteiger partial charge >= 0.3 is 0 Å². The lowest BCUT2D eigenvalue weighted by atomic mass is 10.2. The molecule has 1 aliphatic rings. The molecule has 0 spiro atoms. The monoisotopic (exact) mass is 445 g/mol. The van der Waals surface area contributed by atoms with Crippen molar-refractivity contribution in [3.8, 4) is 0 Å². The molecule has 4 rings (SSSR count). The van der Waals surface area contributed by atoms with Gasteiger partial charge in [-0.05, 0) is 18.2 Å². The van der Waals surface area contributed by atoms with Crippen molar-refractivity contribution in [1.82, 2.24) is 19.7 Å². The fourth-order valence-electron chi connectivity index (χ4n) is 3.28. The van der Waals surface area contributed by atoms with E-state index in [4.69, 9.17) is 9.47 Å². The van der Waals surface area contributed by atoms with Crippen LogP contribution in [-0.2, 0) is 15.4 Å². The molecule has 2 N–H and O–H groups in total. The highest BCUT2D eigenvalue weighted by atomic mass is 19.3. The first kappa shape index (κ1) is 21.8. The maximum atomic E-state index is 13.6. The summed E-state index contributed by atoms with van der Waals surface area (Å²) >= 11 is 0. The van der Waals surface area contributed by atoms with Gasteiger partial charge in [-0.1, -0.05) is 6.07 Å². The topological polar surface area (TPSA) is 107 Å². The molecule has 0 aliphatic carbocycles. The number of carbonyl (C=O) groups is 2. The number of nitrogens with zero attached hydrogens (tertiary/aromatic N) is 3. The van der Waals surface area contributed by atoms with Gasteiger partial charge in [-0.15, -0.1) is 0 Å². The third-order valence-corrected chi connectivity index (χ3v) is 4.91. The maximum absolute atomic E-state index is 13.6. The Balaban J connectivity index is 1.68. The van der Waals surface area contributed by atoms with E-state index in [0.717, 1.165) is 6.07 Å². The summed E-state index contributed by atoms with van der Waals surface area (Å²) < 4.78 is 39.9. The second-order valence-electron chi connectivity index (χ2n) is 7.30. The molecule has 168 valence electrons. The van der Waals surface area contributed by atoms with Crippen molar-refractivity contribution in [2.24, 2.45) is 0 Å². The van der Waals surface area contributed by atoms with Crippen LogP contribution in [0.15, 0.2) is 36.7 Å². The Hall–Kier alpha value is -3.44. The van der Waals surface area contributed by atoms with Crippen LogP contribution in [0.1, 0.15) is 45.3 Å². The van der Waals surface area contributed by atoms with E-state index in [1.807, 2.05) is 0 Å². The molecule has 2 amide bonds. The Morgan fingerprint density at radius 2 is 2.00 bits per heavy atom. The number of imidazole rings is 1. The van der Waals surface area contributed by atoms with Crippen molar-refractivity contribution in [2.45, 2.75) is 19.0 Å². The summed E-state index contributed by atoms with van der Waals surface area (Å²) in [4.78, 5) is 33.4. The molecule has 32 heavy (non-hydrogen) atoms. The molecule has 0 bridgehead atoms. The summed E-state index contributed by atoms with van der Waals surface area (Å²) in [5, 5.41) is 5.10. The largest absolute Gasteiger partial charge is 0.376 e. The third-order valence-electron chi connectivity index (χ3n) is 4.91. The van der Waals surface area contributed by atoms with Crippen LogP contribution in [0, 0.1) is 0 Å². The molecule has 9 nitrogen and oxygen atoms in total. The van der Waals surface area contributed by atoms with Crippen molar-refractivity contribution in [3.05, 3.63) is 59.3 Å². The number of anilines is 1. The quantitative estimate of drug-likeness (QED) is 0.625. The maximum Gasteiger partial charge on any atom is 0.287 e. The summed E-state index contributed by atoms with van der Waals surface area (Å²) in [5.74, 6) is -4.38. The highest BCUT2D eigenvalue weighted by Crippen LogP contribution is 2.26. The lowest BCUT2D eigenvalue weighted by Gasteiger charge is -2.20. The molecule has 3 aromatic heterocycles. The van der Waals surface area contributed by atoms with Crippen LogP contribution in [0.2, 0.25) is 0 Å². The summed E-state index contributed by atoms with van der Waals surface area (Å²) in [7, 11) is 1.46. The van der Waals surface area contributed by atoms with Gasteiger partial charge in [-0.3, -0.25) is 9.59 Å². The van der Waals surface area contributed by atoms with Crippen LogP contribution in [0.4, 0.5) is 14.5 Å². The first-order valence-corrected chi connectivity index (χ1v) is 9.87. The number of fused-ring (bicyclic) bond motifs is 1. The van der Waals surface area contributed by atoms with Crippen LogP contribution < -0.4 is 10.6 Å². The zero-order valence-corrected chi connectivity index (χ0v) is 17.4. The van der Waals surface area contributed by atoms with Crippen molar-refractivity contribution in [1.29, 1.82) is 0 Å². The van der Waals surface area contributed by atoms with Gasteiger partial charge in [-0.25, -0.2) is 9.97 Å². The fourth-order valence-corrected chi connectivity index (χ4v) is 3.28. The molecule has 1 fully saturated rings. The molecular formula is C21H21F2N5O4. The van der Waals surface area contributed by atoms with Crippen LogP contribution in [-0.4, -0.2) is 53.1 Å². The first-order chi connectivity index (χ1) is 15.3. The predicted molar refractivity (Wildman–Crippen MR) is 110 cm³/mol. The van der Waals surface area contributed by atoms with E-state index in [0.29, 0.717) is 38.1 Å². The van der Waals surface area contributed by atoms with E-state index >= 15 is 0 Å². The SMILES string of the molecule is CNC(=O)c1cc2nc(C3COCCO3)cn2cc1NC(=O)c1cccc(C(C)(F)F)n1. The number of amides is 2. The van der Waals surface area contributed by atoms with Crippen LogP contribution in [0.3, 0.4) is 0 Å². The van der Waals surface area contributed by atoms with E-state index in [-0.39, 0.29) is 23.0 Å². The molecule has 1 unspecified atom stereocenters. The van der Waals surface area contributed by atoms with E-state index < -0.39 is 23.4 Å². The smallest absolute Gasteiger partial charge is 0.287 e. The van der Waals surface area contributed by atoms with Gasteiger partial charge in [-0.2, -0.15) is 8.78 Å². The first-order valence-electron chi connectivity index (χ1n) is 9.87. The minimum absolute atomic E-state index is 0.156. The normalized spacial score (nSPS) is 16.7. The van der Waals surface area contributed by atoms with Crippen molar-refractivity contribution >= 4 is 23.1 Å². The third kappa shape index (κ3) is 4.43. The second kappa shape index (κ2) is 8.60. The zero-order chi connectivity index (χ0) is 22.9. The zero-order valence-electron chi connectivity index (χ0n) is 17.4. The Morgan fingerprint density at radius 3 is 2.69 bits per heavy atom. The molecule has 0 saturated carbocycles. The summed E-state index contributed by atoms with van der Waals surface area (Å²) in [6.45, 7) is 2.03. The summed E-state index contributed by atoms with van der Waals surface area (Å²) in [6.07, 6.45) is 2.90. The van der Waals surface area contributed by atoms with Gasteiger partial charge in [0.15, 0.2) is 0 Å². The molecule has 1 atom stereocenters. The number of ether oxygens (including phenoxy) is 2.